The smallest absolute Gasteiger partial charge is 0.236 e. The number of carbonyl (C=O) groups is 1. The standard InChI is InChI=1S/C16H27N5O/c1-5-20(6-2)15(22)12-19-7-9-21(10-8-19)16-17-13(3)11-14(4)18-16/h11H,5-10,12H2,1-4H3. The average molecular weight is 305 g/mol. The van der Waals surface area contributed by atoms with Crippen molar-refractivity contribution in [3.8, 4) is 0 Å². The number of likely N-dealkylation sites (N-methyl/N-ethyl adjacent to an activating group) is 1. The van der Waals surface area contributed by atoms with Crippen molar-refractivity contribution in [1.82, 2.24) is 19.8 Å². The van der Waals surface area contributed by atoms with E-state index in [9.17, 15) is 4.79 Å². The van der Waals surface area contributed by atoms with E-state index in [1.165, 1.54) is 0 Å². The van der Waals surface area contributed by atoms with Crippen molar-refractivity contribution in [3.05, 3.63) is 17.5 Å². The molecule has 1 aromatic rings. The first kappa shape index (κ1) is 16.7. The first-order chi connectivity index (χ1) is 10.5. The summed E-state index contributed by atoms with van der Waals surface area (Å²) in [5, 5.41) is 0. The van der Waals surface area contributed by atoms with Gasteiger partial charge >= 0.3 is 0 Å². The van der Waals surface area contributed by atoms with E-state index in [0.717, 1.165) is 56.6 Å². The van der Waals surface area contributed by atoms with Gasteiger partial charge in [-0.3, -0.25) is 9.69 Å². The van der Waals surface area contributed by atoms with Gasteiger partial charge in [-0.1, -0.05) is 0 Å². The van der Waals surface area contributed by atoms with Crippen molar-refractivity contribution in [2.45, 2.75) is 27.7 Å². The highest BCUT2D eigenvalue weighted by molar-refractivity contribution is 5.78. The molecule has 22 heavy (non-hydrogen) atoms. The molecular weight excluding hydrogens is 278 g/mol. The molecule has 1 fully saturated rings. The fourth-order valence-electron chi connectivity index (χ4n) is 2.82. The number of hydrogen-bond donors (Lipinski definition) is 0. The molecular formula is C16H27N5O. The van der Waals surface area contributed by atoms with Crippen LogP contribution in [0.4, 0.5) is 5.95 Å². The van der Waals surface area contributed by atoms with Gasteiger partial charge in [-0.15, -0.1) is 0 Å². The highest BCUT2D eigenvalue weighted by atomic mass is 16.2. The minimum atomic E-state index is 0.223. The van der Waals surface area contributed by atoms with Gasteiger partial charge in [-0.2, -0.15) is 0 Å². The number of hydrogen-bond acceptors (Lipinski definition) is 5. The van der Waals surface area contributed by atoms with Crippen LogP contribution in [0.3, 0.4) is 0 Å². The molecule has 0 spiro atoms. The first-order valence-corrected chi connectivity index (χ1v) is 8.10. The average Bonchev–Trinajstić information content (AvgIpc) is 2.48. The van der Waals surface area contributed by atoms with Crippen LogP contribution in [0.5, 0.6) is 0 Å². The van der Waals surface area contributed by atoms with Gasteiger partial charge in [0.2, 0.25) is 11.9 Å². The van der Waals surface area contributed by atoms with Gasteiger partial charge in [-0.05, 0) is 33.8 Å². The van der Waals surface area contributed by atoms with Crippen LogP contribution >= 0.6 is 0 Å². The van der Waals surface area contributed by atoms with E-state index in [1.54, 1.807) is 0 Å². The van der Waals surface area contributed by atoms with Gasteiger partial charge < -0.3 is 9.80 Å². The molecule has 1 aliphatic rings. The molecule has 0 atom stereocenters. The maximum Gasteiger partial charge on any atom is 0.236 e. The molecule has 0 radical (unpaired) electrons. The number of nitrogens with zero attached hydrogens (tertiary/aromatic N) is 5. The Hall–Kier alpha value is -1.69. The minimum Gasteiger partial charge on any atom is -0.342 e. The molecule has 0 aliphatic carbocycles. The summed E-state index contributed by atoms with van der Waals surface area (Å²) >= 11 is 0. The molecule has 1 amide bonds. The molecule has 0 saturated carbocycles. The number of piperazine rings is 1. The SMILES string of the molecule is CCN(CC)C(=O)CN1CCN(c2nc(C)cc(C)n2)CC1. The Labute approximate surface area is 133 Å². The van der Waals surface area contributed by atoms with Crippen molar-refractivity contribution < 1.29 is 4.79 Å². The predicted octanol–water partition coefficient (Wildman–Crippen LogP) is 1.08. The summed E-state index contributed by atoms with van der Waals surface area (Å²) in [4.78, 5) is 27.5. The van der Waals surface area contributed by atoms with Crippen molar-refractivity contribution in [1.29, 1.82) is 0 Å². The van der Waals surface area contributed by atoms with Crippen LogP contribution in [0, 0.1) is 13.8 Å². The summed E-state index contributed by atoms with van der Waals surface area (Å²) in [7, 11) is 0. The van der Waals surface area contributed by atoms with E-state index in [0.29, 0.717) is 6.54 Å². The molecule has 0 bridgehead atoms. The summed E-state index contributed by atoms with van der Waals surface area (Å²) in [5.41, 5.74) is 2.00. The van der Waals surface area contributed by atoms with E-state index in [-0.39, 0.29) is 5.91 Å². The second-order valence-electron chi connectivity index (χ2n) is 5.78. The summed E-state index contributed by atoms with van der Waals surface area (Å²) in [6, 6.07) is 1.99. The van der Waals surface area contributed by atoms with E-state index < -0.39 is 0 Å². The van der Waals surface area contributed by atoms with Crippen LogP contribution in [0.2, 0.25) is 0 Å². The molecule has 1 saturated heterocycles. The lowest BCUT2D eigenvalue weighted by atomic mass is 10.3. The van der Waals surface area contributed by atoms with E-state index in [2.05, 4.69) is 19.8 Å². The third-order valence-corrected chi connectivity index (χ3v) is 4.10. The van der Waals surface area contributed by atoms with Crippen molar-refractivity contribution in [2.24, 2.45) is 0 Å². The lowest BCUT2D eigenvalue weighted by Crippen LogP contribution is -2.50. The van der Waals surface area contributed by atoms with Crippen LogP contribution in [-0.4, -0.2) is 71.5 Å². The Morgan fingerprint density at radius 2 is 1.64 bits per heavy atom. The van der Waals surface area contributed by atoms with Gasteiger partial charge in [0.05, 0.1) is 6.54 Å². The summed E-state index contributed by atoms with van der Waals surface area (Å²) < 4.78 is 0. The monoisotopic (exact) mass is 305 g/mol. The quantitative estimate of drug-likeness (QED) is 0.815. The number of anilines is 1. The second kappa shape index (κ2) is 7.54. The van der Waals surface area contributed by atoms with Gasteiger partial charge in [0, 0.05) is 50.7 Å². The fraction of sp³-hybridized carbons (Fsp3) is 0.688. The molecule has 0 unspecified atom stereocenters. The summed E-state index contributed by atoms with van der Waals surface area (Å²) in [6.07, 6.45) is 0. The molecule has 2 heterocycles. The number of aryl methyl sites for hydroxylation is 2. The number of rotatable bonds is 5. The van der Waals surface area contributed by atoms with Crippen LogP contribution in [0.25, 0.3) is 0 Å². The van der Waals surface area contributed by atoms with Crippen molar-refractivity contribution in [2.75, 3.05) is 50.7 Å². The Balaban J connectivity index is 1.89. The highest BCUT2D eigenvalue weighted by Crippen LogP contribution is 2.13. The van der Waals surface area contributed by atoms with Crippen LogP contribution in [0.15, 0.2) is 6.07 Å². The number of aromatic nitrogens is 2. The Morgan fingerprint density at radius 1 is 1.09 bits per heavy atom. The molecule has 2 rings (SSSR count). The summed E-state index contributed by atoms with van der Waals surface area (Å²) in [5.74, 6) is 1.04. The zero-order valence-corrected chi connectivity index (χ0v) is 14.2. The normalized spacial score (nSPS) is 15.9. The number of carbonyl (C=O) groups excluding carboxylic acids is 1. The zero-order chi connectivity index (χ0) is 16.1. The lowest BCUT2D eigenvalue weighted by molar-refractivity contribution is -0.132. The maximum absolute atomic E-state index is 12.2. The van der Waals surface area contributed by atoms with E-state index >= 15 is 0 Å². The van der Waals surface area contributed by atoms with Crippen LogP contribution in [0.1, 0.15) is 25.2 Å². The third-order valence-electron chi connectivity index (χ3n) is 4.10. The fourth-order valence-corrected chi connectivity index (χ4v) is 2.82. The molecule has 6 nitrogen and oxygen atoms in total. The lowest BCUT2D eigenvalue weighted by Gasteiger charge is -2.35. The molecule has 6 heteroatoms. The molecule has 0 aromatic carbocycles. The third kappa shape index (κ3) is 4.16. The van der Waals surface area contributed by atoms with Crippen LogP contribution in [-0.2, 0) is 4.79 Å². The molecule has 1 aromatic heterocycles. The Bertz CT molecular complexity index is 487. The van der Waals surface area contributed by atoms with E-state index in [4.69, 9.17) is 0 Å². The Kier molecular flexibility index (Phi) is 5.71. The van der Waals surface area contributed by atoms with E-state index in [1.807, 2.05) is 38.7 Å². The first-order valence-electron chi connectivity index (χ1n) is 8.10. The highest BCUT2D eigenvalue weighted by Gasteiger charge is 2.22. The van der Waals surface area contributed by atoms with Gasteiger partial charge in [0.15, 0.2) is 0 Å². The second-order valence-corrected chi connectivity index (χ2v) is 5.78. The predicted molar refractivity (Wildman–Crippen MR) is 88.1 cm³/mol. The largest absolute Gasteiger partial charge is 0.342 e. The summed E-state index contributed by atoms with van der Waals surface area (Å²) in [6.45, 7) is 13.6. The van der Waals surface area contributed by atoms with Crippen LogP contribution < -0.4 is 4.90 Å². The van der Waals surface area contributed by atoms with Gasteiger partial charge in [0.1, 0.15) is 0 Å². The number of amides is 1. The van der Waals surface area contributed by atoms with Gasteiger partial charge in [0.25, 0.3) is 0 Å². The maximum atomic E-state index is 12.2. The Morgan fingerprint density at radius 3 is 2.14 bits per heavy atom. The minimum absolute atomic E-state index is 0.223. The zero-order valence-electron chi connectivity index (χ0n) is 14.2. The van der Waals surface area contributed by atoms with Crippen molar-refractivity contribution >= 4 is 11.9 Å². The van der Waals surface area contributed by atoms with Gasteiger partial charge in [-0.25, -0.2) is 9.97 Å². The molecule has 0 N–H and O–H groups in total. The molecule has 1 aliphatic heterocycles. The molecule has 122 valence electrons. The topological polar surface area (TPSA) is 52.6 Å². The van der Waals surface area contributed by atoms with Crippen molar-refractivity contribution in [3.63, 3.8) is 0 Å².